The zero-order valence-electron chi connectivity index (χ0n) is 11.9. The molecule has 1 aliphatic rings. The lowest BCUT2D eigenvalue weighted by molar-refractivity contribution is 0.0946. The fourth-order valence-corrected chi connectivity index (χ4v) is 2.68. The van der Waals surface area contributed by atoms with Gasteiger partial charge < -0.3 is 14.8 Å². The molecule has 1 heterocycles. The summed E-state index contributed by atoms with van der Waals surface area (Å²) in [5.74, 6) is -0.168. The van der Waals surface area contributed by atoms with Crippen molar-refractivity contribution in [3.8, 4) is 11.5 Å². The summed E-state index contributed by atoms with van der Waals surface area (Å²) in [6.07, 6.45) is 0. The van der Waals surface area contributed by atoms with Gasteiger partial charge in [0.05, 0.1) is 10.6 Å². The van der Waals surface area contributed by atoms with Crippen molar-refractivity contribution in [2.75, 3.05) is 13.2 Å². The number of benzene rings is 2. The first-order valence-electron chi connectivity index (χ1n) is 6.86. The molecule has 0 saturated carbocycles. The summed E-state index contributed by atoms with van der Waals surface area (Å²) < 4.78 is 24.6. The summed E-state index contributed by atoms with van der Waals surface area (Å²) in [5.41, 5.74) is 0.608. The molecular formula is C16H12Cl2FNO3. The number of nitrogens with one attached hydrogen (secondary N) is 1. The van der Waals surface area contributed by atoms with Crippen molar-refractivity contribution < 1.29 is 18.7 Å². The zero-order chi connectivity index (χ0) is 16.4. The highest BCUT2D eigenvalue weighted by Crippen LogP contribution is 2.38. The van der Waals surface area contributed by atoms with E-state index in [1.807, 2.05) is 0 Å². The van der Waals surface area contributed by atoms with E-state index >= 15 is 0 Å². The molecule has 0 atom stereocenters. The van der Waals surface area contributed by atoms with Gasteiger partial charge in [0.15, 0.2) is 11.5 Å². The second-order valence-electron chi connectivity index (χ2n) is 4.91. The fraction of sp³-hybridized carbons (Fsp3) is 0.188. The van der Waals surface area contributed by atoms with E-state index in [-0.39, 0.29) is 12.1 Å². The summed E-state index contributed by atoms with van der Waals surface area (Å²) in [4.78, 5) is 12.1. The van der Waals surface area contributed by atoms with Crippen LogP contribution in [-0.2, 0) is 6.54 Å². The van der Waals surface area contributed by atoms with Crippen LogP contribution in [0, 0.1) is 5.82 Å². The highest BCUT2D eigenvalue weighted by molar-refractivity contribution is 6.32. The molecule has 0 unspecified atom stereocenters. The summed E-state index contributed by atoms with van der Waals surface area (Å²) in [6.45, 7) is 1.05. The molecule has 0 aromatic heterocycles. The van der Waals surface area contributed by atoms with Crippen molar-refractivity contribution in [2.45, 2.75) is 6.54 Å². The Kier molecular flexibility index (Phi) is 4.59. The normalized spacial score (nSPS) is 12.8. The molecular weight excluding hydrogens is 344 g/mol. The van der Waals surface area contributed by atoms with Crippen LogP contribution in [0.2, 0.25) is 10.0 Å². The molecule has 7 heteroatoms. The maximum absolute atomic E-state index is 13.7. The van der Waals surface area contributed by atoms with Gasteiger partial charge in [-0.15, -0.1) is 0 Å². The van der Waals surface area contributed by atoms with Crippen LogP contribution in [0.1, 0.15) is 15.9 Å². The predicted molar refractivity (Wildman–Crippen MR) is 85.0 cm³/mol. The number of carbonyl (C=O) groups excluding carboxylic acids is 1. The van der Waals surface area contributed by atoms with Gasteiger partial charge in [-0.2, -0.15) is 0 Å². The highest BCUT2D eigenvalue weighted by Gasteiger charge is 2.17. The van der Waals surface area contributed by atoms with Crippen molar-refractivity contribution in [1.82, 2.24) is 5.32 Å². The van der Waals surface area contributed by atoms with E-state index in [0.717, 1.165) is 11.6 Å². The predicted octanol–water partition coefficient (Wildman–Crippen LogP) is 3.83. The molecule has 0 aliphatic carbocycles. The summed E-state index contributed by atoms with van der Waals surface area (Å²) >= 11 is 11.9. The second kappa shape index (κ2) is 6.64. The Morgan fingerprint density at radius 2 is 1.96 bits per heavy atom. The van der Waals surface area contributed by atoms with Crippen LogP contribution in [0.15, 0.2) is 30.3 Å². The van der Waals surface area contributed by atoms with Crippen LogP contribution in [0.5, 0.6) is 11.5 Å². The lowest BCUT2D eigenvalue weighted by Crippen LogP contribution is -2.24. The lowest BCUT2D eigenvalue weighted by atomic mass is 10.1. The molecule has 0 fully saturated rings. The second-order valence-corrected chi connectivity index (χ2v) is 5.75. The Labute approximate surface area is 142 Å². The van der Waals surface area contributed by atoms with Gasteiger partial charge in [0.1, 0.15) is 19.0 Å². The summed E-state index contributed by atoms with van der Waals surface area (Å²) in [6, 6.07) is 7.22. The van der Waals surface area contributed by atoms with Gasteiger partial charge in [0.2, 0.25) is 0 Å². The van der Waals surface area contributed by atoms with E-state index < -0.39 is 11.7 Å². The Morgan fingerprint density at radius 3 is 2.78 bits per heavy atom. The number of hydrogen-bond acceptors (Lipinski definition) is 3. The topological polar surface area (TPSA) is 47.6 Å². The van der Waals surface area contributed by atoms with E-state index in [1.54, 1.807) is 12.1 Å². The summed E-state index contributed by atoms with van der Waals surface area (Å²) in [5, 5.41) is 3.32. The number of fused-ring (bicyclic) bond motifs is 1. The molecule has 120 valence electrons. The zero-order valence-corrected chi connectivity index (χ0v) is 13.4. The van der Waals surface area contributed by atoms with Gasteiger partial charge in [-0.05, 0) is 35.9 Å². The van der Waals surface area contributed by atoms with Crippen LogP contribution in [0.3, 0.4) is 0 Å². The number of ether oxygens (including phenoxy) is 2. The van der Waals surface area contributed by atoms with Crippen LogP contribution >= 0.6 is 23.2 Å². The standard InChI is InChI=1S/C16H12Cl2FNO3/c17-10-1-2-13(19)11(7-10)16(21)20-8-9-5-12(18)15-14(6-9)22-3-4-23-15/h1-2,5-7H,3-4,8H2,(H,20,21). The highest BCUT2D eigenvalue weighted by atomic mass is 35.5. The van der Waals surface area contributed by atoms with Crippen LogP contribution in [-0.4, -0.2) is 19.1 Å². The largest absolute Gasteiger partial charge is 0.486 e. The Morgan fingerprint density at radius 1 is 1.17 bits per heavy atom. The van der Waals surface area contributed by atoms with Crippen LogP contribution in [0.25, 0.3) is 0 Å². The molecule has 0 spiro atoms. The Bertz CT molecular complexity index is 767. The Balaban J connectivity index is 1.74. The molecule has 3 rings (SSSR count). The molecule has 2 aromatic carbocycles. The third-order valence-corrected chi connectivity index (χ3v) is 3.80. The minimum absolute atomic E-state index is 0.110. The number of carbonyl (C=O) groups is 1. The average Bonchev–Trinajstić information content (AvgIpc) is 2.55. The first kappa shape index (κ1) is 15.9. The Hall–Kier alpha value is -1.98. The fourth-order valence-electron chi connectivity index (χ4n) is 2.22. The third-order valence-electron chi connectivity index (χ3n) is 3.28. The summed E-state index contributed by atoms with van der Waals surface area (Å²) in [7, 11) is 0. The quantitative estimate of drug-likeness (QED) is 0.909. The van der Waals surface area contributed by atoms with Crippen molar-refractivity contribution in [1.29, 1.82) is 0 Å². The monoisotopic (exact) mass is 355 g/mol. The molecule has 4 nitrogen and oxygen atoms in total. The lowest BCUT2D eigenvalue weighted by Gasteiger charge is -2.20. The third kappa shape index (κ3) is 3.51. The molecule has 1 aliphatic heterocycles. The molecule has 0 radical (unpaired) electrons. The number of rotatable bonds is 3. The maximum atomic E-state index is 13.7. The minimum Gasteiger partial charge on any atom is -0.486 e. The van der Waals surface area contributed by atoms with E-state index in [4.69, 9.17) is 32.7 Å². The van der Waals surface area contributed by atoms with E-state index in [9.17, 15) is 9.18 Å². The molecule has 0 saturated heterocycles. The number of halogens is 3. The van der Waals surface area contributed by atoms with Gasteiger partial charge in [-0.1, -0.05) is 23.2 Å². The van der Waals surface area contributed by atoms with Crippen molar-refractivity contribution in [3.05, 3.63) is 57.3 Å². The van der Waals surface area contributed by atoms with E-state index in [1.165, 1.54) is 12.1 Å². The van der Waals surface area contributed by atoms with Crippen molar-refractivity contribution >= 4 is 29.1 Å². The maximum Gasteiger partial charge on any atom is 0.254 e. The van der Waals surface area contributed by atoms with Gasteiger partial charge in [-0.25, -0.2) is 4.39 Å². The first-order valence-corrected chi connectivity index (χ1v) is 7.61. The van der Waals surface area contributed by atoms with Crippen LogP contribution in [0.4, 0.5) is 4.39 Å². The molecule has 1 N–H and O–H groups in total. The van der Waals surface area contributed by atoms with Crippen molar-refractivity contribution in [3.63, 3.8) is 0 Å². The minimum atomic E-state index is -0.632. The molecule has 23 heavy (non-hydrogen) atoms. The number of amides is 1. The first-order chi connectivity index (χ1) is 11.0. The SMILES string of the molecule is O=C(NCc1cc(Cl)c2c(c1)OCCO2)c1cc(Cl)ccc1F. The number of hydrogen-bond donors (Lipinski definition) is 1. The molecule has 1 amide bonds. The van der Waals surface area contributed by atoms with Crippen LogP contribution < -0.4 is 14.8 Å². The van der Waals surface area contributed by atoms with E-state index in [2.05, 4.69) is 5.32 Å². The van der Waals surface area contributed by atoms with Crippen molar-refractivity contribution in [2.24, 2.45) is 0 Å². The van der Waals surface area contributed by atoms with Gasteiger partial charge in [-0.3, -0.25) is 4.79 Å². The molecule has 2 aromatic rings. The van der Waals surface area contributed by atoms with Gasteiger partial charge in [0.25, 0.3) is 5.91 Å². The average molecular weight is 356 g/mol. The van der Waals surface area contributed by atoms with E-state index in [0.29, 0.717) is 34.8 Å². The molecule has 0 bridgehead atoms. The van der Waals surface area contributed by atoms with Gasteiger partial charge >= 0.3 is 0 Å². The smallest absolute Gasteiger partial charge is 0.254 e. The van der Waals surface area contributed by atoms with Gasteiger partial charge in [0, 0.05) is 11.6 Å².